The van der Waals surface area contributed by atoms with E-state index in [0.717, 1.165) is 24.3 Å². The molecule has 31 heavy (non-hydrogen) atoms. The van der Waals surface area contributed by atoms with E-state index in [0.29, 0.717) is 11.3 Å². The molecule has 0 saturated heterocycles. The van der Waals surface area contributed by atoms with Gasteiger partial charge in [-0.15, -0.1) is 18.3 Å². The van der Waals surface area contributed by atoms with Gasteiger partial charge in [-0.25, -0.2) is 4.98 Å². The Balaban J connectivity index is 1.60. The molecule has 0 atom stereocenters. The highest BCUT2D eigenvalue weighted by Gasteiger charge is 2.31. The summed E-state index contributed by atoms with van der Waals surface area (Å²) in [4.78, 5) is 8.06. The molecular weight excluding hydrogens is 428 g/mol. The Labute approximate surface area is 171 Å². The van der Waals surface area contributed by atoms with E-state index in [4.69, 9.17) is 0 Å². The summed E-state index contributed by atoms with van der Waals surface area (Å²) in [5.74, 6) is -0.0679. The fourth-order valence-corrected chi connectivity index (χ4v) is 2.32. The molecule has 3 aromatic rings. The summed E-state index contributed by atoms with van der Waals surface area (Å²) in [5, 5.41) is 10.6. The van der Waals surface area contributed by atoms with E-state index in [1.54, 1.807) is 0 Å². The van der Waals surface area contributed by atoms with Gasteiger partial charge in [-0.1, -0.05) is 12.1 Å². The quantitative estimate of drug-likeness (QED) is 0.354. The lowest BCUT2D eigenvalue weighted by Crippen LogP contribution is -2.16. The van der Waals surface area contributed by atoms with Crippen LogP contribution in [0.3, 0.4) is 0 Å². The van der Waals surface area contributed by atoms with Crippen LogP contribution >= 0.6 is 0 Å². The van der Waals surface area contributed by atoms with Crippen LogP contribution in [0.2, 0.25) is 0 Å². The predicted molar refractivity (Wildman–Crippen MR) is 98.1 cm³/mol. The molecule has 1 heterocycles. The number of aromatic nitrogens is 2. The molecule has 0 radical (unpaired) electrons. The Morgan fingerprint density at radius 3 is 2.16 bits per heavy atom. The molecule has 0 aliphatic rings. The Morgan fingerprint density at radius 2 is 1.55 bits per heavy atom. The Hall–Kier alpha value is -3.70. The van der Waals surface area contributed by atoms with Crippen molar-refractivity contribution in [2.75, 3.05) is 5.32 Å². The maximum Gasteiger partial charge on any atom is 0.573 e. The van der Waals surface area contributed by atoms with Crippen molar-refractivity contribution in [3.63, 3.8) is 0 Å². The molecule has 0 fully saturated rings. The van der Waals surface area contributed by atoms with Crippen molar-refractivity contribution in [2.24, 2.45) is 10.2 Å². The van der Waals surface area contributed by atoms with E-state index in [9.17, 15) is 26.3 Å². The summed E-state index contributed by atoms with van der Waals surface area (Å²) in [6.45, 7) is 0.0472. The summed E-state index contributed by atoms with van der Waals surface area (Å²) >= 11 is 0. The van der Waals surface area contributed by atoms with E-state index < -0.39 is 18.1 Å². The van der Waals surface area contributed by atoms with Gasteiger partial charge in [0.2, 0.25) is 5.95 Å². The van der Waals surface area contributed by atoms with Crippen LogP contribution in [0.15, 0.2) is 71.0 Å². The van der Waals surface area contributed by atoms with Gasteiger partial charge in [0, 0.05) is 18.0 Å². The zero-order chi connectivity index (χ0) is 22.5. The molecular formula is C19H13F6N5O. The second kappa shape index (κ2) is 8.98. The van der Waals surface area contributed by atoms with Crippen LogP contribution in [0.25, 0.3) is 0 Å². The van der Waals surface area contributed by atoms with E-state index >= 15 is 0 Å². The van der Waals surface area contributed by atoms with E-state index in [2.05, 4.69) is 30.3 Å². The number of nitrogens with one attached hydrogen (secondary N) is 1. The van der Waals surface area contributed by atoms with Crippen molar-refractivity contribution in [1.82, 2.24) is 9.97 Å². The molecule has 0 amide bonds. The van der Waals surface area contributed by atoms with Crippen LogP contribution in [0.1, 0.15) is 11.1 Å². The van der Waals surface area contributed by atoms with Gasteiger partial charge in [0.05, 0.1) is 12.1 Å². The van der Waals surface area contributed by atoms with E-state index in [-0.39, 0.29) is 24.1 Å². The molecule has 0 aliphatic carbocycles. The topological polar surface area (TPSA) is 71.8 Å². The standard InChI is InChI=1S/C19H13F6N5O/c20-18(21,22)13-3-1-12(2-4-13)11-27-30-16-9-10-26-17(29-16)28-14-5-7-15(8-6-14)31-19(23,24)25/h1-10H,11H2,(H,26,28,29). The smallest absolute Gasteiger partial charge is 0.406 e. The average Bonchev–Trinajstić information content (AvgIpc) is 2.68. The zero-order valence-corrected chi connectivity index (χ0v) is 15.4. The van der Waals surface area contributed by atoms with Crippen LogP contribution in [0.5, 0.6) is 5.75 Å². The lowest BCUT2D eigenvalue weighted by Gasteiger charge is -2.09. The van der Waals surface area contributed by atoms with Crippen molar-refractivity contribution < 1.29 is 31.1 Å². The maximum atomic E-state index is 12.6. The maximum absolute atomic E-state index is 12.6. The first kappa shape index (κ1) is 22.0. The molecule has 0 aliphatic heterocycles. The number of benzene rings is 2. The molecule has 2 aromatic carbocycles. The SMILES string of the molecule is FC(F)(F)Oc1ccc(Nc2nccc(N=NCc3ccc(C(F)(F)F)cc3)n2)cc1. The van der Waals surface area contributed by atoms with Gasteiger partial charge in [0.15, 0.2) is 5.82 Å². The third-order valence-corrected chi connectivity index (χ3v) is 3.69. The van der Waals surface area contributed by atoms with Gasteiger partial charge in [0.25, 0.3) is 0 Å². The average molecular weight is 441 g/mol. The van der Waals surface area contributed by atoms with Gasteiger partial charge in [0.1, 0.15) is 5.75 Å². The predicted octanol–water partition coefficient (Wildman–Crippen LogP) is 6.42. The van der Waals surface area contributed by atoms with Gasteiger partial charge in [-0.05, 0) is 42.0 Å². The second-order valence-corrected chi connectivity index (χ2v) is 6.03. The number of nitrogens with zero attached hydrogens (tertiary/aromatic N) is 4. The molecule has 6 nitrogen and oxygen atoms in total. The van der Waals surface area contributed by atoms with E-state index in [1.807, 2.05) is 0 Å². The third kappa shape index (κ3) is 6.94. The first-order valence-electron chi connectivity index (χ1n) is 8.58. The first-order valence-corrected chi connectivity index (χ1v) is 8.58. The number of halogens is 6. The fourth-order valence-electron chi connectivity index (χ4n) is 2.32. The second-order valence-electron chi connectivity index (χ2n) is 6.03. The van der Waals surface area contributed by atoms with Crippen molar-refractivity contribution in [3.05, 3.63) is 71.9 Å². The van der Waals surface area contributed by atoms with Crippen molar-refractivity contribution in [1.29, 1.82) is 0 Å². The molecule has 12 heteroatoms. The minimum atomic E-state index is -4.78. The third-order valence-electron chi connectivity index (χ3n) is 3.69. The fraction of sp³-hybridized carbons (Fsp3) is 0.158. The molecule has 1 aromatic heterocycles. The van der Waals surface area contributed by atoms with Gasteiger partial charge < -0.3 is 10.1 Å². The summed E-state index contributed by atoms with van der Waals surface area (Å²) in [5.41, 5.74) is 0.191. The molecule has 162 valence electrons. The zero-order valence-electron chi connectivity index (χ0n) is 15.4. The highest BCUT2D eigenvalue weighted by molar-refractivity contribution is 5.55. The van der Waals surface area contributed by atoms with Crippen LogP contribution in [-0.2, 0) is 12.7 Å². The normalized spacial score (nSPS) is 12.2. The minimum Gasteiger partial charge on any atom is -0.406 e. The summed E-state index contributed by atoms with van der Waals surface area (Å²) < 4.78 is 78.0. The number of anilines is 2. The monoisotopic (exact) mass is 441 g/mol. The molecule has 0 spiro atoms. The molecule has 3 rings (SSSR count). The summed E-state index contributed by atoms with van der Waals surface area (Å²) in [6, 6.07) is 11.0. The van der Waals surface area contributed by atoms with Crippen LogP contribution in [-0.4, -0.2) is 16.3 Å². The van der Waals surface area contributed by atoms with Crippen molar-refractivity contribution in [3.8, 4) is 5.75 Å². The number of hydrogen-bond acceptors (Lipinski definition) is 6. The molecule has 1 N–H and O–H groups in total. The molecule has 0 unspecified atom stereocenters. The van der Waals surface area contributed by atoms with Crippen molar-refractivity contribution in [2.45, 2.75) is 19.1 Å². The lowest BCUT2D eigenvalue weighted by molar-refractivity contribution is -0.274. The number of azo groups is 1. The Bertz CT molecular complexity index is 1030. The number of ether oxygens (including phenoxy) is 1. The summed E-state index contributed by atoms with van der Waals surface area (Å²) in [6.07, 6.45) is -7.79. The lowest BCUT2D eigenvalue weighted by atomic mass is 10.1. The van der Waals surface area contributed by atoms with Crippen LogP contribution < -0.4 is 10.1 Å². The number of hydrogen-bond donors (Lipinski definition) is 1. The minimum absolute atomic E-state index is 0.0472. The van der Waals surface area contributed by atoms with E-state index in [1.165, 1.54) is 36.5 Å². The largest absolute Gasteiger partial charge is 0.573 e. The molecule has 0 saturated carbocycles. The highest BCUT2D eigenvalue weighted by Crippen LogP contribution is 2.29. The van der Waals surface area contributed by atoms with Gasteiger partial charge >= 0.3 is 12.5 Å². The number of rotatable bonds is 6. The Kier molecular flexibility index (Phi) is 6.37. The Morgan fingerprint density at radius 1 is 0.871 bits per heavy atom. The summed E-state index contributed by atoms with van der Waals surface area (Å²) in [7, 11) is 0. The van der Waals surface area contributed by atoms with Crippen molar-refractivity contribution >= 4 is 17.5 Å². The number of alkyl halides is 6. The van der Waals surface area contributed by atoms with Crippen LogP contribution in [0.4, 0.5) is 43.8 Å². The van der Waals surface area contributed by atoms with Gasteiger partial charge in [-0.2, -0.15) is 23.3 Å². The molecule has 0 bridgehead atoms. The van der Waals surface area contributed by atoms with Crippen LogP contribution in [0, 0.1) is 0 Å². The first-order chi connectivity index (χ1) is 14.6. The highest BCUT2D eigenvalue weighted by atomic mass is 19.4. The van der Waals surface area contributed by atoms with Gasteiger partial charge in [-0.3, -0.25) is 0 Å².